The summed E-state index contributed by atoms with van der Waals surface area (Å²) in [6, 6.07) is 11.0. The van der Waals surface area contributed by atoms with Crippen molar-refractivity contribution in [1.29, 1.82) is 0 Å². The van der Waals surface area contributed by atoms with Gasteiger partial charge >= 0.3 is 0 Å². The number of nitrogens with zero attached hydrogens (tertiary/aromatic N) is 4. The van der Waals surface area contributed by atoms with Gasteiger partial charge in [-0.3, -0.25) is 14.0 Å². The van der Waals surface area contributed by atoms with Gasteiger partial charge in [-0.05, 0) is 50.3 Å². The number of hydrogen-bond donors (Lipinski definition) is 2. The zero-order valence-electron chi connectivity index (χ0n) is 19.1. The average molecular weight is 465 g/mol. The number of thiazole rings is 1. The Morgan fingerprint density at radius 3 is 2.48 bits per heavy atom. The van der Waals surface area contributed by atoms with Crippen LogP contribution in [0.5, 0.6) is 0 Å². The fraction of sp³-hybridized carbons (Fsp3) is 0.333. The standard InChI is InChI=1S/C24H28N6O2S/c1-4-29(5-2)14-6-13-26-22(32)18-11-12-20-23(27-18)33-24-28-19(15-30(20)24)16-7-9-17(10-8-16)21(31)25-3/h7-12,15H,4-6,13-14H2,1-3H3,(H,25,31)(H,26,32). The number of fused-ring (bicyclic) bond motifs is 3. The minimum Gasteiger partial charge on any atom is -0.355 e. The third-order valence-corrected chi connectivity index (χ3v) is 6.66. The van der Waals surface area contributed by atoms with Gasteiger partial charge in [0, 0.05) is 30.9 Å². The van der Waals surface area contributed by atoms with Crippen LogP contribution in [0.4, 0.5) is 0 Å². The SMILES string of the molecule is CCN(CC)CCCNC(=O)c1ccc2c(n1)sc1nc(-c3ccc(C(=O)NC)cc3)cn12. The molecule has 0 spiro atoms. The summed E-state index contributed by atoms with van der Waals surface area (Å²) in [6.45, 7) is 7.93. The summed E-state index contributed by atoms with van der Waals surface area (Å²) in [5.74, 6) is -0.271. The van der Waals surface area contributed by atoms with Crippen LogP contribution in [0.2, 0.25) is 0 Å². The molecule has 2 N–H and O–H groups in total. The second-order valence-corrected chi connectivity index (χ2v) is 8.65. The van der Waals surface area contributed by atoms with Crippen molar-refractivity contribution in [3.05, 3.63) is 53.9 Å². The number of rotatable bonds is 9. The minimum atomic E-state index is -0.153. The first-order chi connectivity index (χ1) is 16.0. The Bertz CT molecular complexity index is 1270. The molecule has 0 saturated heterocycles. The van der Waals surface area contributed by atoms with E-state index in [0.717, 1.165) is 52.6 Å². The average Bonchev–Trinajstić information content (AvgIpc) is 3.41. The second-order valence-electron chi connectivity index (χ2n) is 7.69. The second kappa shape index (κ2) is 10.1. The van der Waals surface area contributed by atoms with Gasteiger partial charge < -0.3 is 15.5 Å². The van der Waals surface area contributed by atoms with E-state index >= 15 is 0 Å². The topological polar surface area (TPSA) is 91.6 Å². The smallest absolute Gasteiger partial charge is 0.269 e. The number of hydrogen-bond acceptors (Lipinski definition) is 6. The van der Waals surface area contributed by atoms with Gasteiger partial charge in [-0.2, -0.15) is 0 Å². The van der Waals surface area contributed by atoms with E-state index in [0.29, 0.717) is 17.8 Å². The van der Waals surface area contributed by atoms with Crippen molar-refractivity contribution in [2.24, 2.45) is 0 Å². The van der Waals surface area contributed by atoms with E-state index in [9.17, 15) is 9.59 Å². The minimum absolute atomic E-state index is 0.117. The molecule has 3 heterocycles. The lowest BCUT2D eigenvalue weighted by molar-refractivity contribution is 0.0944. The molecule has 0 unspecified atom stereocenters. The fourth-order valence-corrected chi connectivity index (χ4v) is 4.70. The molecule has 0 saturated carbocycles. The van der Waals surface area contributed by atoms with Gasteiger partial charge in [0.15, 0.2) is 4.96 Å². The predicted octanol–water partition coefficient (Wildman–Crippen LogP) is 3.43. The van der Waals surface area contributed by atoms with E-state index < -0.39 is 0 Å². The summed E-state index contributed by atoms with van der Waals surface area (Å²) in [5.41, 5.74) is 3.69. The molecular formula is C24H28N6O2S. The van der Waals surface area contributed by atoms with Gasteiger partial charge in [0.1, 0.15) is 10.5 Å². The number of imidazole rings is 1. The lowest BCUT2D eigenvalue weighted by Crippen LogP contribution is -2.30. The third kappa shape index (κ3) is 4.89. The molecule has 0 aliphatic heterocycles. The molecule has 0 fully saturated rings. The van der Waals surface area contributed by atoms with E-state index in [-0.39, 0.29) is 11.8 Å². The first-order valence-electron chi connectivity index (χ1n) is 11.2. The van der Waals surface area contributed by atoms with Gasteiger partial charge in [-0.15, -0.1) is 0 Å². The summed E-state index contributed by atoms with van der Waals surface area (Å²) in [7, 11) is 1.61. The van der Waals surface area contributed by atoms with Gasteiger partial charge in [0.2, 0.25) is 0 Å². The summed E-state index contributed by atoms with van der Waals surface area (Å²) < 4.78 is 1.99. The first-order valence-corrected chi connectivity index (χ1v) is 12.0. The van der Waals surface area contributed by atoms with E-state index in [4.69, 9.17) is 4.98 Å². The summed E-state index contributed by atoms with van der Waals surface area (Å²) in [4.78, 5) is 37.5. The van der Waals surface area contributed by atoms with Crippen molar-refractivity contribution < 1.29 is 9.59 Å². The molecule has 1 aromatic carbocycles. The number of benzene rings is 1. The zero-order valence-corrected chi connectivity index (χ0v) is 19.9. The molecule has 172 valence electrons. The molecule has 33 heavy (non-hydrogen) atoms. The largest absolute Gasteiger partial charge is 0.355 e. The molecule has 2 amide bonds. The van der Waals surface area contributed by atoms with Crippen molar-refractivity contribution >= 4 is 38.5 Å². The van der Waals surface area contributed by atoms with Crippen LogP contribution in [-0.2, 0) is 0 Å². The van der Waals surface area contributed by atoms with Crippen LogP contribution in [0.25, 0.3) is 26.6 Å². The molecule has 0 aliphatic rings. The maximum Gasteiger partial charge on any atom is 0.269 e. The van der Waals surface area contributed by atoms with E-state index in [1.165, 1.54) is 11.3 Å². The van der Waals surface area contributed by atoms with Gasteiger partial charge in [-0.1, -0.05) is 37.3 Å². The van der Waals surface area contributed by atoms with E-state index in [1.54, 1.807) is 25.2 Å². The molecule has 0 aliphatic carbocycles. The molecule has 0 atom stereocenters. The number of pyridine rings is 1. The monoisotopic (exact) mass is 464 g/mol. The molecule has 8 nitrogen and oxygen atoms in total. The first kappa shape index (κ1) is 22.9. The Labute approximate surface area is 196 Å². The lowest BCUT2D eigenvalue weighted by Gasteiger charge is -2.17. The van der Waals surface area contributed by atoms with Gasteiger partial charge in [-0.25, -0.2) is 9.97 Å². The molecule has 0 radical (unpaired) electrons. The number of nitrogens with one attached hydrogen (secondary N) is 2. The molecule has 0 bridgehead atoms. The zero-order chi connectivity index (χ0) is 23.4. The number of carbonyl (C=O) groups excluding carboxylic acids is 2. The maximum atomic E-state index is 12.5. The van der Waals surface area contributed by atoms with Crippen LogP contribution >= 0.6 is 11.3 Å². The summed E-state index contributed by atoms with van der Waals surface area (Å²) in [6.07, 6.45) is 2.87. The van der Waals surface area contributed by atoms with Crippen LogP contribution in [0, 0.1) is 0 Å². The predicted molar refractivity (Wildman–Crippen MR) is 132 cm³/mol. The van der Waals surface area contributed by atoms with E-state index in [1.807, 2.05) is 28.8 Å². The number of aromatic nitrogens is 3. The maximum absolute atomic E-state index is 12.5. The highest BCUT2D eigenvalue weighted by Gasteiger charge is 2.14. The quantitative estimate of drug-likeness (QED) is 0.370. The fourth-order valence-electron chi connectivity index (χ4n) is 3.72. The molecule has 4 aromatic rings. The van der Waals surface area contributed by atoms with Gasteiger partial charge in [0.25, 0.3) is 11.8 Å². The van der Waals surface area contributed by atoms with Crippen molar-refractivity contribution in [2.75, 3.05) is 33.2 Å². The third-order valence-electron chi connectivity index (χ3n) is 5.69. The Balaban J connectivity index is 1.47. The lowest BCUT2D eigenvalue weighted by atomic mass is 10.1. The van der Waals surface area contributed by atoms with Crippen molar-refractivity contribution in [2.45, 2.75) is 20.3 Å². The highest BCUT2D eigenvalue weighted by molar-refractivity contribution is 7.23. The Kier molecular flexibility index (Phi) is 7.00. The molecular weight excluding hydrogens is 436 g/mol. The van der Waals surface area contributed by atoms with Crippen LogP contribution in [0.15, 0.2) is 42.6 Å². The number of carbonyl (C=O) groups is 2. The van der Waals surface area contributed by atoms with Crippen LogP contribution in [0.1, 0.15) is 41.1 Å². The Morgan fingerprint density at radius 2 is 1.79 bits per heavy atom. The Hall–Kier alpha value is -3.30. The summed E-state index contributed by atoms with van der Waals surface area (Å²) >= 11 is 1.45. The molecule has 4 rings (SSSR count). The van der Waals surface area contributed by atoms with Crippen LogP contribution < -0.4 is 10.6 Å². The highest BCUT2D eigenvalue weighted by Crippen LogP contribution is 2.28. The van der Waals surface area contributed by atoms with Crippen molar-refractivity contribution in [3.63, 3.8) is 0 Å². The van der Waals surface area contributed by atoms with E-state index in [2.05, 4.69) is 34.4 Å². The molecule has 3 aromatic heterocycles. The Morgan fingerprint density at radius 1 is 1.03 bits per heavy atom. The normalized spacial score (nSPS) is 11.4. The van der Waals surface area contributed by atoms with Gasteiger partial charge in [0.05, 0.1) is 11.2 Å². The molecule has 9 heteroatoms. The summed E-state index contributed by atoms with van der Waals surface area (Å²) in [5, 5.41) is 5.59. The van der Waals surface area contributed by atoms with Crippen LogP contribution in [-0.4, -0.2) is 64.3 Å². The van der Waals surface area contributed by atoms with Crippen molar-refractivity contribution in [1.82, 2.24) is 29.9 Å². The highest BCUT2D eigenvalue weighted by atomic mass is 32.1. The van der Waals surface area contributed by atoms with Crippen molar-refractivity contribution in [3.8, 4) is 11.3 Å². The number of amides is 2. The van der Waals surface area contributed by atoms with Crippen LogP contribution in [0.3, 0.4) is 0 Å².